The van der Waals surface area contributed by atoms with E-state index >= 15 is 0 Å². The zero-order valence-electron chi connectivity index (χ0n) is 23.3. The van der Waals surface area contributed by atoms with E-state index < -0.39 is 0 Å². The van der Waals surface area contributed by atoms with Gasteiger partial charge in [-0.25, -0.2) is 0 Å². The maximum atomic E-state index is 13.8. The fraction of sp³-hybridized carbons (Fsp3) is 0.387. The van der Waals surface area contributed by atoms with Gasteiger partial charge in [0.1, 0.15) is 0 Å². The van der Waals surface area contributed by atoms with E-state index in [0.29, 0.717) is 0 Å². The Morgan fingerprint density at radius 3 is 2.41 bits per heavy atom. The van der Waals surface area contributed by atoms with Crippen LogP contribution < -0.4 is 10.2 Å². The fourth-order valence-corrected chi connectivity index (χ4v) is 5.49. The smallest absolute Gasteiger partial charge is 0.252 e. The molecule has 39 heavy (non-hydrogen) atoms. The van der Waals surface area contributed by atoms with Crippen LogP contribution in [0.3, 0.4) is 0 Å². The third-order valence-corrected chi connectivity index (χ3v) is 8.22. The van der Waals surface area contributed by atoms with Gasteiger partial charge in [0.15, 0.2) is 0 Å². The summed E-state index contributed by atoms with van der Waals surface area (Å²) in [4.78, 5) is 18.5. The lowest BCUT2D eigenvalue weighted by molar-refractivity contribution is 0.0930. The zero-order chi connectivity index (χ0) is 27.1. The van der Waals surface area contributed by atoms with E-state index in [9.17, 15) is 4.79 Å². The van der Waals surface area contributed by atoms with Gasteiger partial charge in [0, 0.05) is 74.5 Å². The van der Waals surface area contributed by atoms with Crippen molar-refractivity contribution >= 4 is 11.6 Å². The van der Waals surface area contributed by atoms with Gasteiger partial charge in [-0.05, 0) is 86.8 Å². The molecule has 1 saturated heterocycles. The van der Waals surface area contributed by atoms with Crippen LogP contribution in [0.2, 0.25) is 0 Å². The number of nitrogens with zero attached hydrogens (tertiary/aromatic N) is 6. The van der Waals surface area contributed by atoms with Gasteiger partial charge in [-0.1, -0.05) is 6.07 Å². The predicted octanol–water partition coefficient (Wildman–Crippen LogP) is 4.45. The maximum Gasteiger partial charge on any atom is 0.252 e. The number of nitrogens with one attached hydrogen (secondary N) is 1. The van der Waals surface area contributed by atoms with Crippen molar-refractivity contribution in [1.82, 2.24) is 29.8 Å². The van der Waals surface area contributed by atoms with Gasteiger partial charge in [0.2, 0.25) is 0 Å². The third-order valence-electron chi connectivity index (χ3n) is 8.22. The minimum Gasteiger partial charge on any atom is -0.369 e. The van der Waals surface area contributed by atoms with E-state index in [1.807, 2.05) is 41.9 Å². The van der Waals surface area contributed by atoms with E-state index in [0.717, 1.165) is 90.3 Å². The lowest BCUT2D eigenvalue weighted by Gasteiger charge is -2.34. The Balaban J connectivity index is 1.32. The molecule has 3 heterocycles. The van der Waals surface area contributed by atoms with Gasteiger partial charge >= 0.3 is 0 Å². The standard InChI is InChI=1S/C31H37N7O/c1-5-38-11-8-29(34-38)24-16-23(25-20-32-36(4)21-25)17-26(18-24)31(9-10-31)33-30(39)28-19-27(7-6-22(28)2)37-14-12-35(3)13-15-37/h6-8,11,16-21H,5,9-10,12-15H2,1-4H3,(H,33,39). The van der Waals surface area contributed by atoms with Crippen molar-refractivity contribution in [3.63, 3.8) is 0 Å². The van der Waals surface area contributed by atoms with E-state index in [-0.39, 0.29) is 11.4 Å². The summed E-state index contributed by atoms with van der Waals surface area (Å²) in [7, 11) is 4.09. The van der Waals surface area contributed by atoms with Gasteiger partial charge in [0.05, 0.1) is 17.4 Å². The lowest BCUT2D eigenvalue weighted by atomic mass is 9.94. The third kappa shape index (κ3) is 5.08. The molecule has 1 aliphatic carbocycles. The lowest BCUT2D eigenvalue weighted by Crippen LogP contribution is -2.44. The molecule has 8 nitrogen and oxygen atoms in total. The molecule has 1 amide bonds. The first-order chi connectivity index (χ1) is 18.8. The number of anilines is 1. The summed E-state index contributed by atoms with van der Waals surface area (Å²) in [5.41, 5.74) is 7.72. The van der Waals surface area contributed by atoms with Gasteiger partial charge in [-0.15, -0.1) is 0 Å². The largest absolute Gasteiger partial charge is 0.369 e. The summed E-state index contributed by atoms with van der Waals surface area (Å²) >= 11 is 0. The first-order valence-corrected chi connectivity index (χ1v) is 13.9. The van der Waals surface area contributed by atoms with Crippen LogP contribution in [0.25, 0.3) is 22.4 Å². The van der Waals surface area contributed by atoms with Crippen molar-refractivity contribution in [3.05, 3.63) is 77.7 Å². The van der Waals surface area contributed by atoms with E-state index in [1.54, 1.807) is 0 Å². The summed E-state index contributed by atoms with van der Waals surface area (Å²) in [6.07, 6.45) is 7.75. The van der Waals surface area contributed by atoms with Gasteiger partial charge < -0.3 is 15.1 Å². The average molecular weight is 524 g/mol. The average Bonchev–Trinajstić information content (AvgIpc) is 3.34. The number of aryl methyl sites for hydroxylation is 3. The van der Waals surface area contributed by atoms with Crippen molar-refractivity contribution in [2.75, 3.05) is 38.1 Å². The van der Waals surface area contributed by atoms with Gasteiger partial charge in [-0.3, -0.25) is 14.2 Å². The number of rotatable bonds is 7. The summed E-state index contributed by atoms with van der Waals surface area (Å²) in [6, 6.07) is 14.9. The minimum absolute atomic E-state index is 0.00966. The minimum atomic E-state index is -0.381. The van der Waals surface area contributed by atoms with E-state index in [2.05, 4.69) is 76.7 Å². The molecule has 1 aliphatic heterocycles. The number of piperazine rings is 1. The summed E-state index contributed by atoms with van der Waals surface area (Å²) in [5, 5.41) is 12.6. The molecule has 2 aromatic carbocycles. The number of carbonyl (C=O) groups is 1. The second-order valence-electron chi connectivity index (χ2n) is 11.1. The molecular formula is C31H37N7O. The SMILES string of the molecule is CCn1ccc(-c2cc(-c3cnn(C)c3)cc(C3(NC(=O)c4cc(N5CCN(C)CC5)ccc4C)CC3)c2)n1. The summed E-state index contributed by atoms with van der Waals surface area (Å²) < 4.78 is 3.76. The molecule has 4 aromatic rings. The molecule has 6 rings (SSSR count). The summed E-state index contributed by atoms with van der Waals surface area (Å²) in [5.74, 6) is -0.00966. The van der Waals surface area contributed by atoms with Crippen LogP contribution in [0.5, 0.6) is 0 Å². The molecule has 2 fully saturated rings. The second kappa shape index (κ2) is 10.0. The molecule has 0 spiro atoms. The first-order valence-electron chi connectivity index (χ1n) is 13.9. The number of likely N-dealkylation sites (N-methyl/N-ethyl adjacent to an activating group) is 1. The van der Waals surface area contributed by atoms with Gasteiger partial charge in [0.25, 0.3) is 5.91 Å². The molecule has 2 aromatic heterocycles. The van der Waals surface area contributed by atoms with E-state index in [1.165, 1.54) is 0 Å². The van der Waals surface area contributed by atoms with Crippen LogP contribution >= 0.6 is 0 Å². The van der Waals surface area contributed by atoms with Crippen LogP contribution in [0, 0.1) is 6.92 Å². The normalized spacial score (nSPS) is 16.9. The number of hydrogen-bond acceptors (Lipinski definition) is 5. The van der Waals surface area contributed by atoms with Crippen LogP contribution in [0.4, 0.5) is 5.69 Å². The molecule has 0 unspecified atom stereocenters. The maximum absolute atomic E-state index is 13.8. The highest BCUT2D eigenvalue weighted by Crippen LogP contribution is 2.47. The Hall–Kier alpha value is -3.91. The van der Waals surface area contributed by atoms with Crippen LogP contribution in [-0.2, 0) is 19.1 Å². The Bertz CT molecular complexity index is 1500. The number of hydrogen-bond donors (Lipinski definition) is 1. The Kier molecular flexibility index (Phi) is 6.51. The van der Waals surface area contributed by atoms with Gasteiger partial charge in [-0.2, -0.15) is 10.2 Å². The predicted molar refractivity (Wildman–Crippen MR) is 155 cm³/mol. The fourth-order valence-electron chi connectivity index (χ4n) is 5.49. The Morgan fingerprint density at radius 1 is 0.974 bits per heavy atom. The van der Waals surface area contributed by atoms with Crippen molar-refractivity contribution in [2.24, 2.45) is 7.05 Å². The molecule has 1 N–H and O–H groups in total. The van der Waals surface area contributed by atoms with Crippen LogP contribution in [0.1, 0.15) is 41.3 Å². The van der Waals surface area contributed by atoms with Crippen molar-refractivity contribution < 1.29 is 4.79 Å². The molecule has 202 valence electrons. The zero-order valence-corrected chi connectivity index (χ0v) is 23.3. The second-order valence-corrected chi connectivity index (χ2v) is 11.1. The molecular weight excluding hydrogens is 486 g/mol. The monoisotopic (exact) mass is 523 g/mol. The van der Waals surface area contributed by atoms with E-state index in [4.69, 9.17) is 5.10 Å². The van der Waals surface area contributed by atoms with Crippen LogP contribution in [0.15, 0.2) is 61.1 Å². The molecule has 0 radical (unpaired) electrons. The highest BCUT2D eigenvalue weighted by molar-refractivity contribution is 5.97. The molecule has 0 bridgehead atoms. The topological polar surface area (TPSA) is 71.2 Å². The van der Waals surface area contributed by atoms with Crippen molar-refractivity contribution in [1.29, 1.82) is 0 Å². The quantitative estimate of drug-likeness (QED) is 0.388. The molecule has 1 saturated carbocycles. The Labute approximate surface area is 230 Å². The van der Waals surface area contributed by atoms with Crippen molar-refractivity contribution in [2.45, 2.75) is 38.8 Å². The number of aromatic nitrogens is 4. The molecule has 2 aliphatic rings. The number of amides is 1. The number of carbonyl (C=O) groups excluding carboxylic acids is 1. The van der Waals surface area contributed by atoms with Crippen LogP contribution in [-0.4, -0.2) is 63.6 Å². The molecule has 8 heteroatoms. The Morgan fingerprint density at radius 2 is 1.74 bits per heavy atom. The molecule has 0 atom stereocenters. The summed E-state index contributed by atoms with van der Waals surface area (Å²) in [6.45, 7) is 8.94. The number of benzene rings is 2. The van der Waals surface area contributed by atoms with Crippen molar-refractivity contribution in [3.8, 4) is 22.4 Å². The first kappa shape index (κ1) is 25.4. The highest BCUT2D eigenvalue weighted by atomic mass is 16.1. The highest BCUT2D eigenvalue weighted by Gasteiger charge is 2.46.